The molecule has 0 bridgehead atoms. The molecular formula is C13H23N5O2S. The van der Waals surface area contributed by atoms with Gasteiger partial charge in [-0.15, -0.1) is 0 Å². The zero-order chi connectivity index (χ0) is 15.5. The first-order valence-corrected chi connectivity index (χ1v) is 8.70. The Bertz CT molecular complexity index is 559. The summed E-state index contributed by atoms with van der Waals surface area (Å²) in [6.07, 6.45) is 6.58. The van der Waals surface area contributed by atoms with Gasteiger partial charge in [-0.05, 0) is 18.3 Å². The third kappa shape index (κ3) is 3.17. The van der Waals surface area contributed by atoms with Gasteiger partial charge in [0.2, 0.25) is 16.0 Å². The standard InChI is InChI=1S/C13H23N5O2S/c1-3-13(4-2)5-7-18(8-6-13)21(19,20)11-9-15-12(17-14)16-10-11/h9-10H,3-8,14H2,1-2H3,(H,15,16,17). The summed E-state index contributed by atoms with van der Waals surface area (Å²) in [4.78, 5) is 7.85. The third-order valence-corrected chi connectivity index (χ3v) is 6.53. The van der Waals surface area contributed by atoms with Gasteiger partial charge in [-0.1, -0.05) is 26.7 Å². The van der Waals surface area contributed by atoms with Crippen LogP contribution in [0.25, 0.3) is 0 Å². The second kappa shape index (κ2) is 6.25. The average molecular weight is 313 g/mol. The summed E-state index contributed by atoms with van der Waals surface area (Å²) < 4.78 is 26.7. The number of piperidine rings is 1. The molecule has 1 aromatic rings. The van der Waals surface area contributed by atoms with Crippen LogP contribution < -0.4 is 11.3 Å². The van der Waals surface area contributed by atoms with Crippen LogP contribution in [0.4, 0.5) is 5.95 Å². The Kier molecular flexibility index (Phi) is 4.80. The van der Waals surface area contributed by atoms with Crippen LogP contribution in [0.3, 0.4) is 0 Å². The molecule has 0 unspecified atom stereocenters. The van der Waals surface area contributed by atoms with E-state index in [2.05, 4.69) is 29.2 Å². The van der Waals surface area contributed by atoms with E-state index in [9.17, 15) is 8.42 Å². The predicted octanol–water partition coefficient (Wildman–Crippen LogP) is 1.35. The molecule has 1 aliphatic heterocycles. The van der Waals surface area contributed by atoms with Gasteiger partial charge in [0.25, 0.3) is 0 Å². The normalized spacial score (nSPS) is 19.4. The molecule has 0 radical (unpaired) electrons. The van der Waals surface area contributed by atoms with E-state index >= 15 is 0 Å². The topological polar surface area (TPSA) is 101 Å². The Balaban J connectivity index is 2.14. The van der Waals surface area contributed by atoms with Crippen molar-refractivity contribution >= 4 is 16.0 Å². The molecule has 0 atom stereocenters. The van der Waals surface area contributed by atoms with Crippen LogP contribution >= 0.6 is 0 Å². The molecule has 0 spiro atoms. The number of nitrogens with one attached hydrogen (secondary N) is 1. The van der Waals surface area contributed by atoms with Crippen molar-refractivity contribution < 1.29 is 8.42 Å². The lowest BCUT2D eigenvalue weighted by molar-refractivity contribution is 0.141. The number of nitrogens with two attached hydrogens (primary N) is 1. The second-order valence-electron chi connectivity index (χ2n) is 5.50. The molecule has 2 rings (SSSR count). The first kappa shape index (κ1) is 16.1. The van der Waals surface area contributed by atoms with Crippen LogP contribution in [0.2, 0.25) is 0 Å². The van der Waals surface area contributed by atoms with Crippen molar-refractivity contribution in [3.05, 3.63) is 12.4 Å². The molecular weight excluding hydrogens is 290 g/mol. The molecule has 21 heavy (non-hydrogen) atoms. The Hall–Kier alpha value is -1.25. The number of aromatic nitrogens is 2. The molecule has 2 heterocycles. The Morgan fingerprint density at radius 2 is 1.76 bits per heavy atom. The van der Waals surface area contributed by atoms with E-state index in [-0.39, 0.29) is 16.3 Å². The van der Waals surface area contributed by atoms with Crippen LogP contribution in [-0.4, -0.2) is 35.8 Å². The minimum Gasteiger partial charge on any atom is -0.292 e. The maximum absolute atomic E-state index is 12.6. The molecule has 0 saturated carbocycles. The quantitative estimate of drug-likeness (QED) is 0.628. The van der Waals surface area contributed by atoms with Gasteiger partial charge in [0.15, 0.2) is 0 Å². The molecule has 118 valence electrons. The number of nitrogen functional groups attached to an aromatic ring is 1. The first-order chi connectivity index (χ1) is 9.97. The number of anilines is 1. The van der Waals surface area contributed by atoms with Gasteiger partial charge in [-0.25, -0.2) is 24.2 Å². The van der Waals surface area contributed by atoms with Crippen molar-refractivity contribution in [3.63, 3.8) is 0 Å². The van der Waals surface area contributed by atoms with E-state index in [4.69, 9.17) is 5.84 Å². The molecule has 3 N–H and O–H groups in total. The summed E-state index contributed by atoms with van der Waals surface area (Å²) in [5.74, 6) is 5.38. The Morgan fingerprint density at radius 1 is 1.24 bits per heavy atom. The largest absolute Gasteiger partial charge is 0.292 e. The van der Waals surface area contributed by atoms with Crippen molar-refractivity contribution in [3.8, 4) is 0 Å². The van der Waals surface area contributed by atoms with Gasteiger partial charge in [-0.2, -0.15) is 4.31 Å². The highest BCUT2D eigenvalue weighted by Crippen LogP contribution is 2.39. The number of hydrogen-bond acceptors (Lipinski definition) is 6. The van der Waals surface area contributed by atoms with Gasteiger partial charge in [-0.3, -0.25) is 5.43 Å². The zero-order valence-corrected chi connectivity index (χ0v) is 13.4. The van der Waals surface area contributed by atoms with Crippen molar-refractivity contribution in [1.29, 1.82) is 0 Å². The van der Waals surface area contributed by atoms with E-state index in [0.717, 1.165) is 25.7 Å². The smallest absolute Gasteiger partial charge is 0.246 e. The van der Waals surface area contributed by atoms with E-state index in [1.54, 1.807) is 0 Å². The van der Waals surface area contributed by atoms with Crippen LogP contribution in [0.5, 0.6) is 0 Å². The van der Waals surface area contributed by atoms with Gasteiger partial charge < -0.3 is 0 Å². The molecule has 0 amide bonds. The minimum absolute atomic E-state index is 0.113. The molecule has 0 aromatic carbocycles. The van der Waals surface area contributed by atoms with Gasteiger partial charge in [0.1, 0.15) is 4.90 Å². The summed E-state index contributed by atoms with van der Waals surface area (Å²) in [7, 11) is -3.51. The lowest BCUT2D eigenvalue weighted by atomic mass is 9.75. The summed E-state index contributed by atoms with van der Waals surface area (Å²) in [5.41, 5.74) is 2.57. The maximum Gasteiger partial charge on any atom is 0.246 e. The van der Waals surface area contributed by atoms with Gasteiger partial charge in [0, 0.05) is 13.1 Å². The summed E-state index contributed by atoms with van der Waals surface area (Å²) in [6.45, 7) is 5.47. The molecule has 1 fully saturated rings. The predicted molar refractivity (Wildman–Crippen MR) is 80.8 cm³/mol. The van der Waals surface area contributed by atoms with Crippen LogP contribution in [0.15, 0.2) is 17.3 Å². The van der Waals surface area contributed by atoms with E-state index < -0.39 is 10.0 Å². The van der Waals surface area contributed by atoms with Crippen molar-refractivity contribution in [1.82, 2.24) is 14.3 Å². The molecule has 1 saturated heterocycles. The van der Waals surface area contributed by atoms with Gasteiger partial charge in [0.05, 0.1) is 12.4 Å². The highest BCUT2D eigenvalue weighted by molar-refractivity contribution is 7.89. The van der Waals surface area contributed by atoms with Crippen LogP contribution in [0.1, 0.15) is 39.5 Å². The highest BCUT2D eigenvalue weighted by atomic mass is 32.2. The van der Waals surface area contributed by atoms with E-state index in [0.29, 0.717) is 13.1 Å². The molecule has 8 heteroatoms. The molecule has 7 nitrogen and oxygen atoms in total. The van der Waals surface area contributed by atoms with Crippen LogP contribution in [0, 0.1) is 5.41 Å². The Labute approximate surface area is 126 Å². The molecule has 1 aromatic heterocycles. The average Bonchev–Trinajstić information content (AvgIpc) is 2.55. The monoisotopic (exact) mass is 313 g/mol. The Morgan fingerprint density at radius 3 is 2.19 bits per heavy atom. The number of sulfonamides is 1. The summed E-state index contributed by atoms with van der Waals surface area (Å²) in [6, 6.07) is 0. The fraction of sp³-hybridized carbons (Fsp3) is 0.692. The number of rotatable bonds is 5. The molecule has 0 aliphatic carbocycles. The lowest BCUT2D eigenvalue weighted by Crippen LogP contribution is -2.42. The SMILES string of the molecule is CCC1(CC)CCN(S(=O)(=O)c2cnc(NN)nc2)CC1. The van der Waals surface area contributed by atoms with E-state index in [1.165, 1.54) is 16.7 Å². The van der Waals surface area contributed by atoms with Gasteiger partial charge >= 0.3 is 0 Å². The lowest BCUT2D eigenvalue weighted by Gasteiger charge is -2.40. The third-order valence-electron chi connectivity index (χ3n) is 4.68. The zero-order valence-electron chi connectivity index (χ0n) is 12.5. The summed E-state index contributed by atoms with van der Waals surface area (Å²) >= 11 is 0. The van der Waals surface area contributed by atoms with Crippen molar-refractivity contribution in [2.45, 2.75) is 44.4 Å². The summed E-state index contributed by atoms with van der Waals surface area (Å²) in [5, 5.41) is 0. The number of hydrogen-bond donors (Lipinski definition) is 2. The second-order valence-corrected chi connectivity index (χ2v) is 7.44. The fourth-order valence-corrected chi connectivity index (χ4v) is 4.16. The van der Waals surface area contributed by atoms with Crippen LogP contribution in [-0.2, 0) is 10.0 Å². The fourth-order valence-electron chi connectivity index (χ4n) is 2.83. The number of nitrogens with zero attached hydrogens (tertiary/aromatic N) is 3. The maximum atomic E-state index is 12.6. The highest BCUT2D eigenvalue weighted by Gasteiger charge is 2.36. The molecule has 1 aliphatic rings. The van der Waals surface area contributed by atoms with Crippen molar-refractivity contribution in [2.24, 2.45) is 11.3 Å². The van der Waals surface area contributed by atoms with E-state index in [1.807, 2.05) is 0 Å². The first-order valence-electron chi connectivity index (χ1n) is 7.26. The minimum atomic E-state index is -3.51. The number of hydrazine groups is 1. The van der Waals surface area contributed by atoms with Crippen molar-refractivity contribution in [2.75, 3.05) is 18.5 Å².